The van der Waals surface area contributed by atoms with E-state index in [9.17, 15) is 5.11 Å². The van der Waals surface area contributed by atoms with Crippen LogP contribution in [0.2, 0.25) is 0 Å². The first-order valence-corrected chi connectivity index (χ1v) is 5.07. The summed E-state index contributed by atoms with van der Waals surface area (Å²) in [7, 11) is 0. The van der Waals surface area contributed by atoms with Gasteiger partial charge in [-0.25, -0.2) is 0 Å². The molecule has 0 saturated carbocycles. The zero-order valence-electron chi connectivity index (χ0n) is 9.33. The van der Waals surface area contributed by atoms with E-state index in [0.29, 0.717) is 13.2 Å². The molecule has 15 heavy (non-hydrogen) atoms. The zero-order chi connectivity index (χ0) is 11.1. The maximum absolute atomic E-state index is 9.77. The number of ether oxygens (including phenoxy) is 2. The molecule has 0 unspecified atom stereocenters. The van der Waals surface area contributed by atoms with Gasteiger partial charge >= 0.3 is 0 Å². The van der Waals surface area contributed by atoms with Gasteiger partial charge in [0.25, 0.3) is 0 Å². The van der Waals surface area contributed by atoms with Crippen molar-refractivity contribution in [1.82, 2.24) is 0 Å². The van der Waals surface area contributed by atoms with Crippen molar-refractivity contribution in [2.75, 3.05) is 6.79 Å². The molecule has 2 rings (SSSR count). The van der Waals surface area contributed by atoms with Crippen LogP contribution in [0.1, 0.15) is 25.0 Å². The van der Waals surface area contributed by atoms with Gasteiger partial charge in [-0.2, -0.15) is 0 Å². The van der Waals surface area contributed by atoms with Gasteiger partial charge in [0.1, 0.15) is 0 Å². The summed E-state index contributed by atoms with van der Waals surface area (Å²) in [6, 6.07) is 3.92. The highest BCUT2D eigenvalue weighted by Crippen LogP contribution is 2.35. The molecule has 0 saturated heterocycles. The van der Waals surface area contributed by atoms with Crippen LogP contribution < -0.4 is 9.47 Å². The first-order chi connectivity index (χ1) is 6.96. The van der Waals surface area contributed by atoms with Gasteiger partial charge in [-0.15, -0.1) is 0 Å². The van der Waals surface area contributed by atoms with Crippen molar-refractivity contribution in [3.63, 3.8) is 0 Å². The summed E-state index contributed by atoms with van der Waals surface area (Å²) in [6.45, 7) is 5.91. The molecule has 0 spiro atoms. The molecule has 0 fully saturated rings. The molecule has 0 bridgehead atoms. The maximum Gasteiger partial charge on any atom is 0.231 e. The smallest absolute Gasteiger partial charge is 0.231 e. The average molecular weight is 208 g/mol. The number of benzene rings is 1. The number of hydrogen-bond acceptors (Lipinski definition) is 3. The van der Waals surface area contributed by atoms with Crippen LogP contribution in [0.4, 0.5) is 0 Å². The number of aryl methyl sites for hydroxylation is 1. The van der Waals surface area contributed by atoms with Crippen molar-refractivity contribution < 1.29 is 14.6 Å². The first-order valence-electron chi connectivity index (χ1n) is 5.07. The van der Waals surface area contributed by atoms with Crippen LogP contribution in [-0.4, -0.2) is 17.5 Å². The molecule has 0 aliphatic carbocycles. The predicted molar refractivity (Wildman–Crippen MR) is 57.3 cm³/mol. The Bertz CT molecular complexity index is 377. The topological polar surface area (TPSA) is 38.7 Å². The number of fused-ring (bicyclic) bond motifs is 1. The molecule has 3 heteroatoms. The third-order valence-electron chi connectivity index (χ3n) is 2.45. The van der Waals surface area contributed by atoms with Gasteiger partial charge < -0.3 is 14.6 Å². The fourth-order valence-electron chi connectivity index (χ4n) is 1.74. The monoisotopic (exact) mass is 208 g/mol. The van der Waals surface area contributed by atoms with Gasteiger partial charge in [-0.05, 0) is 44.0 Å². The van der Waals surface area contributed by atoms with E-state index in [1.807, 2.05) is 19.1 Å². The molecule has 0 atom stereocenters. The maximum atomic E-state index is 9.77. The summed E-state index contributed by atoms with van der Waals surface area (Å²) in [5, 5.41) is 9.77. The van der Waals surface area contributed by atoms with Gasteiger partial charge in [0.2, 0.25) is 6.79 Å². The standard InChI is InChI=1S/C12H16O3/c1-8-4-10-11(15-7-14-10)5-9(8)6-12(2,3)13/h4-5,13H,6-7H2,1-3H3. The van der Waals surface area contributed by atoms with Gasteiger partial charge in [-0.1, -0.05) is 0 Å². The molecule has 1 aromatic carbocycles. The molecule has 3 nitrogen and oxygen atoms in total. The molecular weight excluding hydrogens is 192 g/mol. The largest absolute Gasteiger partial charge is 0.454 e. The summed E-state index contributed by atoms with van der Waals surface area (Å²) in [6.07, 6.45) is 0.621. The van der Waals surface area contributed by atoms with Gasteiger partial charge in [0.15, 0.2) is 11.5 Å². The summed E-state index contributed by atoms with van der Waals surface area (Å²) in [5.41, 5.74) is 1.53. The lowest BCUT2D eigenvalue weighted by atomic mass is 9.95. The molecule has 1 aromatic rings. The number of aliphatic hydroxyl groups is 1. The van der Waals surface area contributed by atoms with Gasteiger partial charge in [0, 0.05) is 6.42 Å². The Labute approximate surface area is 89.6 Å². The van der Waals surface area contributed by atoms with E-state index in [-0.39, 0.29) is 0 Å². The fourth-order valence-corrected chi connectivity index (χ4v) is 1.74. The van der Waals surface area contributed by atoms with E-state index in [2.05, 4.69) is 0 Å². The molecular formula is C12H16O3. The second-order valence-electron chi connectivity index (χ2n) is 4.62. The minimum Gasteiger partial charge on any atom is -0.454 e. The Hall–Kier alpha value is -1.22. The van der Waals surface area contributed by atoms with Crippen LogP contribution in [0.5, 0.6) is 11.5 Å². The highest BCUT2D eigenvalue weighted by molar-refractivity contribution is 5.48. The Balaban J connectivity index is 2.33. The molecule has 1 N–H and O–H groups in total. The summed E-state index contributed by atoms with van der Waals surface area (Å²) >= 11 is 0. The van der Waals surface area contributed by atoms with Crippen LogP contribution in [-0.2, 0) is 6.42 Å². The second kappa shape index (κ2) is 3.42. The first kappa shape index (κ1) is 10.3. The van der Waals surface area contributed by atoms with Crippen molar-refractivity contribution in [1.29, 1.82) is 0 Å². The fraction of sp³-hybridized carbons (Fsp3) is 0.500. The SMILES string of the molecule is Cc1cc2c(cc1CC(C)(C)O)OCO2. The van der Waals surface area contributed by atoms with Crippen LogP contribution in [0.3, 0.4) is 0 Å². The highest BCUT2D eigenvalue weighted by atomic mass is 16.7. The molecule has 0 radical (unpaired) electrons. The third kappa shape index (κ3) is 2.23. The van der Waals surface area contributed by atoms with Gasteiger partial charge in [0.05, 0.1) is 5.60 Å². The third-order valence-corrected chi connectivity index (χ3v) is 2.45. The van der Waals surface area contributed by atoms with Crippen LogP contribution in [0.25, 0.3) is 0 Å². The van der Waals surface area contributed by atoms with Crippen molar-refractivity contribution in [2.24, 2.45) is 0 Å². The lowest BCUT2D eigenvalue weighted by Gasteiger charge is -2.18. The Morgan fingerprint density at radius 3 is 2.47 bits per heavy atom. The highest BCUT2D eigenvalue weighted by Gasteiger charge is 2.19. The predicted octanol–water partition coefficient (Wildman–Crippen LogP) is 2.04. The molecule has 0 aromatic heterocycles. The quantitative estimate of drug-likeness (QED) is 0.808. The van der Waals surface area contributed by atoms with Crippen LogP contribution in [0.15, 0.2) is 12.1 Å². The van der Waals surface area contributed by atoms with Crippen LogP contribution >= 0.6 is 0 Å². The van der Waals surface area contributed by atoms with Crippen molar-refractivity contribution in [3.05, 3.63) is 23.3 Å². The lowest BCUT2D eigenvalue weighted by molar-refractivity contribution is 0.0808. The molecule has 1 aliphatic rings. The van der Waals surface area contributed by atoms with E-state index in [0.717, 1.165) is 22.6 Å². The van der Waals surface area contributed by atoms with Gasteiger partial charge in [-0.3, -0.25) is 0 Å². The average Bonchev–Trinajstić information content (AvgIpc) is 2.49. The van der Waals surface area contributed by atoms with Crippen molar-refractivity contribution >= 4 is 0 Å². The summed E-state index contributed by atoms with van der Waals surface area (Å²) in [4.78, 5) is 0. The van der Waals surface area contributed by atoms with E-state index < -0.39 is 5.60 Å². The number of hydrogen-bond donors (Lipinski definition) is 1. The van der Waals surface area contributed by atoms with Crippen molar-refractivity contribution in [2.45, 2.75) is 32.8 Å². The zero-order valence-corrected chi connectivity index (χ0v) is 9.33. The van der Waals surface area contributed by atoms with E-state index in [1.54, 1.807) is 13.8 Å². The minimum absolute atomic E-state index is 0.292. The Morgan fingerprint density at radius 1 is 1.27 bits per heavy atom. The summed E-state index contributed by atoms with van der Waals surface area (Å²) < 4.78 is 10.6. The van der Waals surface area contributed by atoms with E-state index in [4.69, 9.17) is 9.47 Å². The van der Waals surface area contributed by atoms with Crippen LogP contribution in [0, 0.1) is 6.92 Å². The molecule has 0 amide bonds. The Morgan fingerprint density at radius 2 is 1.87 bits per heavy atom. The molecule has 1 heterocycles. The lowest BCUT2D eigenvalue weighted by Crippen LogP contribution is -2.22. The second-order valence-corrected chi connectivity index (χ2v) is 4.62. The molecule has 1 aliphatic heterocycles. The van der Waals surface area contributed by atoms with E-state index in [1.165, 1.54) is 0 Å². The van der Waals surface area contributed by atoms with Crippen molar-refractivity contribution in [3.8, 4) is 11.5 Å². The van der Waals surface area contributed by atoms with E-state index >= 15 is 0 Å². The number of rotatable bonds is 2. The minimum atomic E-state index is -0.696. The molecule has 82 valence electrons. The Kier molecular flexibility index (Phi) is 2.35. The normalized spacial score (nSPS) is 14.4. The summed E-state index contributed by atoms with van der Waals surface area (Å²) in [5.74, 6) is 1.58.